The summed E-state index contributed by atoms with van der Waals surface area (Å²) in [5.41, 5.74) is 0.589. The lowest BCUT2D eigenvalue weighted by Crippen LogP contribution is -2.35. The van der Waals surface area contributed by atoms with E-state index in [1.807, 2.05) is 0 Å². The molecule has 6 heteroatoms. The van der Waals surface area contributed by atoms with Crippen molar-refractivity contribution in [2.24, 2.45) is 0 Å². The van der Waals surface area contributed by atoms with E-state index in [1.54, 1.807) is 25.3 Å². The number of benzene rings is 1. The number of rotatable bonds is 2. The van der Waals surface area contributed by atoms with Gasteiger partial charge in [0.2, 0.25) is 10.0 Å². The first-order valence-electron chi connectivity index (χ1n) is 4.79. The van der Waals surface area contributed by atoms with Crippen molar-refractivity contribution in [3.63, 3.8) is 0 Å². The van der Waals surface area contributed by atoms with Crippen molar-refractivity contribution >= 4 is 10.0 Å². The predicted octanol–water partition coefficient (Wildman–Crippen LogP) is 0.675. The third-order valence-electron chi connectivity index (χ3n) is 2.60. The van der Waals surface area contributed by atoms with Gasteiger partial charge < -0.3 is 9.47 Å². The molecule has 1 aromatic carbocycles. The second-order valence-corrected chi connectivity index (χ2v) is 5.18. The fourth-order valence-electron chi connectivity index (χ4n) is 1.82. The minimum Gasteiger partial charge on any atom is -0.496 e. The Morgan fingerprint density at radius 2 is 2.12 bits per heavy atom. The molecule has 1 N–H and O–H groups in total. The maximum absolute atomic E-state index is 11.8. The topological polar surface area (TPSA) is 64.6 Å². The van der Waals surface area contributed by atoms with Crippen LogP contribution in [-0.4, -0.2) is 29.2 Å². The molecule has 5 nitrogen and oxygen atoms in total. The van der Waals surface area contributed by atoms with E-state index < -0.39 is 10.0 Å². The first-order valence-corrected chi connectivity index (χ1v) is 6.28. The van der Waals surface area contributed by atoms with Gasteiger partial charge >= 0.3 is 0 Å². The van der Waals surface area contributed by atoms with Crippen LogP contribution in [0.2, 0.25) is 0 Å². The smallest absolute Gasteiger partial charge is 0.241 e. The van der Waals surface area contributed by atoms with Gasteiger partial charge in [0, 0.05) is 19.2 Å². The Morgan fingerprint density at radius 1 is 1.38 bits per heavy atom. The van der Waals surface area contributed by atoms with Crippen LogP contribution in [0.5, 0.6) is 5.75 Å². The van der Waals surface area contributed by atoms with Crippen molar-refractivity contribution in [1.82, 2.24) is 4.72 Å². The number of nitrogens with one attached hydrogen (secondary N) is 1. The molecule has 1 aliphatic rings. The molecule has 0 radical (unpaired) electrons. The fraction of sp³-hybridized carbons (Fsp3) is 0.400. The Kier molecular flexibility index (Phi) is 2.88. The summed E-state index contributed by atoms with van der Waals surface area (Å²) >= 11 is 0. The zero-order valence-electron chi connectivity index (χ0n) is 9.06. The molecule has 1 atom stereocenters. The summed E-state index contributed by atoms with van der Waals surface area (Å²) in [6, 6.07) is 4.92. The van der Waals surface area contributed by atoms with E-state index >= 15 is 0 Å². The van der Waals surface area contributed by atoms with Crippen LogP contribution in [-0.2, 0) is 14.8 Å². The van der Waals surface area contributed by atoms with E-state index in [0.29, 0.717) is 11.3 Å². The Bertz CT molecular complexity index is 498. The van der Waals surface area contributed by atoms with Crippen LogP contribution in [0.25, 0.3) is 0 Å². The average Bonchev–Trinajstić information content (AvgIpc) is 2.29. The van der Waals surface area contributed by atoms with Crippen LogP contribution in [0.15, 0.2) is 23.1 Å². The second-order valence-electron chi connectivity index (χ2n) is 3.45. The first kappa shape index (κ1) is 11.4. The van der Waals surface area contributed by atoms with Crippen LogP contribution >= 0.6 is 0 Å². The quantitative estimate of drug-likeness (QED) is 0.829. The number of methoxy groups -OCH3 is 2. The largest absolute Gasteiger partial charge is 0.496 e. The summed E-state index contributed by atoms with van der Waals surface area (Å²) in [6.07, 6.45) is -0.310. The van der Waals surface area contributed by atoms with E-state index in [0.717, 1.165) is 0 Å². The summed E-state index contributed by atoms with van der Waals surface area (Å²) in [7, 11) is -0.375. The van der Waals surface area contributed by atoms with Crippen molar-refractivity contribution in [2.75, 3.05) is 20.8 Å². The van der Waals surface area contributed by atoms with E-state index in [4.69, 9.17) is 9.47 Å². The first-order chi connectivity index (χ1) is 7.60. The molecule has 0 saturated carbocycles. The van der Waals surface area contributed by atoms with E-state index in [9.17, 15) is 8.42 Å². The van der Waals surface area contributed by atoms with Crippen LogP contribution in [0.1, 0.15) is 11.7 Å². The summed E-state index contributed by atoms with van der Waals surface area (Å²) in [6.45, 7) is 0.228. The maximum atomic E-state index is 11.8. The van der Waals surface area contributed by atoms with Gasteiger partial charge in [-0.25, -0.2) is 13.1 Å². The highest BCUT2D eigenvalue weighted by atomic mass is 32.2. The average molecular weight is 243 g/mol. The van der Waals surface area contributed by atoms with Crippen molar-refractivity contribution < 1.29 is 17.9 Å². The Morgan fingerprint density at radius 3 is 2.75 bits per heavy atom. The van der Waals surface area contributed by atoms with E-state index in [-0.39, 0.29) is 17.5 Å². The van der Waals surface area contributed by atoms with Gasteiger partial charge in [0.05, 0.1) is 12.0 Å². The van der Waals surface area contributed by atoms with Gasteiger partial charge in [-0.2, -0.15) is 0 Å². The zero-order chi connectivity index (χ0) is 11.8. The minimum atomic E-state index is -3.43. The zero-order valence-corrected chi connectivity index (χ0v) is 9.87. The molecule has 0 bridgehead atoms. The van der Waals surface area contributed by atoms with Crippen LogP contribution < -0.4 is 9.46 Å². The summed E-state index contributed by atoms with van der Waals surface area (Å²) in [5, 5.41) is 0. The van der Waals surface area contributed by atoms with Gasteiger partial charge in [0.1, 0.15) is 11.9 Å². The number of hydrogen-bond donors (Lipinski definition) is 1. The minimum absolute atomic E-state index is 0.227. The molecule has 1 aromatic rings. The fourth-order valence-corrected chi connectivity index (χ4v) is 3.13. The molecular formula is C10H13NO4S. The lowest BCUT2D eigenvalue weighted by atomic mass is 10.1. The molecular weight excluding hydrogens is 230 g/mol. The predicted molar refractivity (Wildman–Crippen MR) is 57.9 cm³/mol. The normalized spacial score (nSPS) is 22.5. The van der Waals surface area contributed by atoms with Crippen molar-refractivity contribution in [2.45, 2.75) is 11.0 Å². The third kappa shape index (κ3) is 1.68. The van der Waals surface area contributed by atoms with Crippen molar-refractivity contribution in [3.8, 4) is 5.75 Å². The number of fused-ring (bicyclic) bond motifs is 1. The van der Waals surface area contributed by atoms with E-state index in [1.165, 1.54) is 7.11 Å². The molecule has 0 spiro atoms. The molecule has 1 aliphatic heterocycles. The Hall–Kier alpha value is -1.11. The van der Waals surface area contributed by atoms with Gasteiger partial charge in [0.25, 0.3) is 0 Å². The van der Waals surface area contributed by atoms with Gasteiger partial charge in [-0.3, -0.25) is 0 Å². The lowest BCUT2D eigenvalue weighted by Gasteiger charge is -2.26. The highest BCUT2D eigenvalue weighted by Gasteiger charge is 2.32. The molecule has 0 saturated heterocycles. The maximum Gasteiger partial charge on any atom is 0.241 e. The standard InChI is InChI=1S/C10H13NO4S/c1-14-7-4-3-5-9-10(7)8(15-2)6-11-16(9,12)13/h3-5,8,11H,6H2,1-2H3. The van der Waals surface area contributed by atoms with E-state index in [2.05, 4.69) is 4.72 Å². The summed E-state index contributed by atoms with van der Waals surface area (Å²) in [5.74, 6) is 0.537. The second kappa shape index (κ2) is 4.04. The molecule has 0 fully saturated rings. The lowest BCUT2D eigenvalue weighted by molar-refractivity contribution is 0.0996. The van der Waals surface area contributed by atoms with Crippen molar-refractivity contribution in [3.05, 3.63) is 23.8 Å². The molecule has 1 unspecified atom stereocenters. The monoisotopic (exact) mass is 243 g/mol. The molecule has 1 heterocycles. The molecule has 0 aliphatic carbocycles. The van der Waals surface area contributed by atoms with Crippen LogP contribution in [0.4, 0.5) is 0 Å². The van der Waals surface area contributed by atoms with Gasteiger partial charge in [-0.1, -0.05) is 6.07 Å². The molecule has 2 rings (SSSR count). The molecule has 0 aromatic heterocycles. The van der Waals surface area contributed by atoms with Crippen LogP contribution in [0, 0.1) is 0 Å². The summed E-state index contributed by atoms with van der Waals surface area (Å²) in [4.78, 5) is 0.227. The number of hydrogen-bond acceptors (Lipinski definition) is 4. The number of ether oxygens (including phenoxy) is 2. The highest BCUT2D eigenvalue weighted by Crippen LogP contribution is 2.35. The number of sulfonamides is 1. The third-order valence-corrected chi connectivity index (χ3v) is 4.08. The molecule has 0 amide bonds. The SMILES string of the molecule is COc1cccc2c1C(OC)CNS2(=O)=O. The molecule has 88 valence electrons. The molecule has 16 heavy (non-hydrogen) atoms. The van der Waals surface area contributed by atoms with Gasteiger partial charge in [-0.05, 0) is 12.1 Å². The van der Waals surface area contributed by atoms with Gasteiger partial charge in [0.15, 0.2) is 0 Å². The highest BCUT2D eigenvalue weighted by molar-refractivity contribution is 7.89. The van der Waals surface area contributed by atoms with Crippen molar-refractivity contribution in [1.29, 1.82) is 0 Å². The summed E-state index contributed by atoms with van der Waals surface area (Å²) < 4.78 is 36.4. The Labute approximate surface area is 94.4 Å². The Balaban J connectivity index is 2.68. The van der Waals surface area contributed by atoms with Gasteiger partial charge in [-0.15, -0.1) is 0 Å². The van der Waals surface area contributed by atoms with Crippen LogP contribution in [0.3, 0.4) is 0 Å².